The lowest BCUT2D eigenvalue weighted by molar-refractivity contribution is -0.134. The van der Waals surface area contributed by atoms with Crippen molar-refractivity contribution in [1.82, 2.24) is 4.90 Å². The van der Waals surface area contributed by atoms with Crippen molar-refractivity contribution in [3.05, 3.63) is 70.3 Å². The number of fused-ring (bicyclic) bond motifs is 2. The van der Waals surface area contributed by atoms with Crippen LogP contribution in [-0.4, -0.2) is 68.0 Å². The normalized spacial score (nSPS) is 18.8. The zero-order chi connectivity index (χ0) is 22.3. The molecule has 31 heavy (non-hydrogen) atoms. The fourth-order valence-electron chi connectivity index (χ4n) is 3.91. The van der Waals surface area contributed by atoms with Crippen LogP contribution in [0.1, 0.15) is 48.6 Å². The smallest absolute Gasteiger partial charge is 0.339 e. The Morgan fingerprint density at radius 2 is 1.65 bits per heavy atom. The third kappa shape index (κ3) is 3.76. The highest BCUT2D eigenvalue weighted by Gasteiger charge is 2.35. The second-order valence-corrected chi connectivity index (χ2v) is 9.80. The van der Waals surface area contributed by atoms with E-state index in [1.807, 2.05) is 0 Å². The highest BCUT2D eigenvalue weighted by molar-refractivity contribution is 7.91. The summed E-state index contributed by atoms with van der Waals surface area (Å²) < 4.78 is 28.4. The van der Waals surface area contributed by atoms with E-state index in [0.717, 1.165) is 0 Å². The van der Waals surface area contributed by atoms with Gasteiger partial charge in [-0.05, 0) is 12.5 Å². The van der Waals surface area contributed by atoms with Gasteiger partial charge in [0.2, 0.25) is 0 Å². The lowest BCUT2D eigenvalue weighted by Crippen LogP contribution is -2.40. The Labute approximate surface area is 178 Å². The molecule has 1 aliphatic carbocycles. The van der Waals surface area contributed by atoms with Crippen LogP contribution in [0.3, 0.4) is 0 Å². The van der Waals surface area contributed by atoms with Gasteiger partial charge in [0.25, 0.3) is 5.91 Å². The van der Waals surface area contributed by atoms with Crippen molar-refractivity contribution in [3.8, 4) is 0 Å². The molecular weight excluding hydrogens is 422 g/mol. The van der Waals surface area contributed by atoms with Gasteiger partial charge in [-0.1, -0.05) is 36.4 Å². The van der Waals surface area contributed by atoms with E-state index in [1.54, 1.807) is 18.2 Å². The van der Waals surface area contributed by atoms with Gasteiger partial charge in [-0.2, -0.15) is 0 Å². The van der Waals surface area contributed by atoms with E-state index in [4.69, 9.17) is 4.74 Å². The van der Waals surface area contributed by atoms with Crippen LogP contribution in [0.25, 0.3) is 0 Å². The molecule has 0 saturated carbocycles. The van der Waals surface area contributed by atoms with Crippen molar-refractivity contribution in [1.29, 1.82) is 0 Å². The van der Waals surface area contributed by atoms with Crippen LogP contribution in [0.2, 0.25) is 0 Å². The first-order chi connectivity index (χ1) is 14.7. The van der Waals surface area contributed by atoms with Crippen molar-refractivity contribution in [2.75, 3.05) is 25.2 Å². The highest BCUT2D eigenvalue weighted by atomic mass is 32.2. The van der Waals surface area contributed by atoms with E-state index >= 15 is 0 Å². The molecule has 2 aromatic rings. The van der Waals surface area contributed by atoms with Gasteiger partial charge in [0.15, 0.2) is 28.0 Å². The molecule has 9 heteroatoms. The largest absolute Gasteiger partial charge is 0.452 e. The van der Waals surface area contributed by atoms with E-state index in [2.05, 4.69) is 0 Å². The van der Waals surface area contributed by atoms with Crippen LogP contribution in [0, 0.1) is 0 Å². The second kappa shape index (κ2) is 7.73. The molecule has 1 saturated heterocycles. The number of ether oxygens (including phenoxy) is 1. The number of amides is 1. The molecule has 0 bridgehead atoms. The molecule has 160 valence electrons. The van der Waals surface area contributed by atoms with Gasteiger partial charge >= 0.3 is 5.97 Å². The summed E-state index contributed by atoms with van der Waals surface area (Å²) in [5, 5.41) is 0. The molecule has 0 radical (unpaired) electrons. The fourth-order valence-corrected chi connectivity index (χ4v) is 5.68. The standard InChI is InChI=1S/C22H19NO7S/c1-23(13-9-10-31(28,29)12-13)18(24)11-30-22(27)17-8-4-7-16-19(17)21(26)15-6-3-2-5-14(15)20(16)25/h2-8,13H,9-12H2,1H3/t13-/m1/s1. The third-order valence-corrected chi connectivity index (χ3v) is 7.40. The zero-order valence-electron chi connectivity index (χ0n) is 16.7. The molecule has 2 aromatic carbocycles. The molecule has 1 amide bonds. The number of carbonyl (C=O) groups is 4. The minimum Gasteiger partial charge on any atom is -0.452 e. The van der Waals surface area contributed by atoms with E-state index < -0.39 is 40.1 Å². The number of sulfone groups is 1. The average Bonchev–Trinajstić information content (AvgIpc) is 3.14. The van der Waals surface area contributed by atoms with Gasteiger partial charge in [0.05, 0.1) is 17.1 Å². The Morgan fingerprint density at radius 3 is 2.29 bits per heavy atom. The molecule has 0 unspecified atom stereocenters. The summed E-state index contributed by atoms with van der Waals surface area (Å²) in [6.07, 6.45) is 0.334. The minimum atomic E-state index is -3.17. The van der Waals surface area contributed by atoms with Crippen LogP contribution < -0.4 is 0 Å². The van der Waals surface area contributed by atoms with E-state index in [-0.39, 0.29) is 45.1 Å². The molecule has 2 aliphatic rings. The number of rotatable bonds is 4. The molecule has 1 fully saturated rings. The number of likely N-dealkylation sites (N-methyl/N-ethyl adjacent to an activating group) is 1. The molecule has 0 spiro atoms. The maximum absolute atomic E-state index is 13.0. The topological polar surface area (TPSA) is 115 Å². The van der Waals surface area contributed by atoms with Gasteiger partial charge in [-0.3, -0.25) is 14.4 Å². The van der Waals surface area contributed by atoms with Crippen molar-refractivity contribution in [2.45, 2.75) is 12.5 Å². The summed E-state index contributed by atoms with van der Waals surface area (Å²) in [6.45, 7) is -0.603. The Morgan fingerprint density at radius 1 is 1.00 bits per heavy atom. The number of hydrogen-bond acceptors (Lipinski definition) is 7. The molecule has 0 N–H and O–H groups in total. The highest BCUT2D eigenvalue weighted by Crippen LogP contribution is 2.29. The van der Waals surface area contributed by atoms with Crippen molar-refractivity contribution in [3.63, 3.8) is 0 Å². The number of hydrogen-bond donors (Lipinski definition) is 0. The average molecular weight is 441 g/mol. The number of nitrogens with zero attached hydrogens (tertiary/aromatic N) is 1. The summed E-state index contributed by atoms with van der Waals surface area (Å²) in [7, 11) is -1.70. The lowest BCUT2D eigenvalue weighted by Gasteiger charge is -2.23. The van der Waals surface area contributed by atoms with Crippen molar-refractivity contribution >= 4 is 33.3 Å². The van der Waals surface area contributed by atoms with Crippen LogP contribution in [0.5, 0.6) is 0 Å². The van der Waals surface area contributed by atoms with E-state index in [0.29, 0.717) is 6.42 Å². The Balaban J connectivity index is 1.52. The first-order valence-electron chi connectivity index (χ1n) is 9.64. The Hall–Kier alpha value is -3.33. The molecule has 1 atom stereocenters. The summed E-state index contributed by atoms with van der Waals surface area (Å²) >= 11 is 0. The maximum atomic E-state index is 13.0. The number of benzene rings is 2. The van der Waals surface area contributed by atoms with Crippen molar-refractivity contribution < 1.29 is 32.3 Å². The third-order valence-electron chi connectivity index (χ3n) is 5.65. The van der Waals surface area contributed by atoms with Crippen LogP contribution >= 0.6 is 0 Å². The van der Waals surface area contributed by atoms with Gasteiger partial charge in [0.1, 0.15) is 0 Å². The van der Waals surface area contributed by atoms with Crippen molar-refractivity contribution in [2.24, 2.45) is 0 Å². The lowest BCUT2D eigenvalue weighted by atomic mass is 9.82. The minimum absolute atomic E-state index is 0.0167. The molecular formula is C22H19NO7S. The van der Waals surface area contributed by atoms with Gasteiger partial charge in [0, 0.05) is 35.3 Å². The monoisotopic (exact) mass is 441 g/mol. The quantitative estimate of drug-likeness (QED) is 0.560. The number of carbonyl (C=O) groups excluding carboxylic acids is 4. The number of esters is 1. The van der Waals surface area contributed by atoms with Crippen LogP contribution in [-0.2, 0) is 19.4 Å². The zero-order valence-corrected chi connectivity index (χ0v) is 17.5. The summed E-state index contributed by atoms with van der Waals surface area (Å²) in [6, 6.07) is 10.2. The predicted molar refractivity (Wildman–Crippen MR) is 110 cm³/mol. The fraction of sp³-hybridized carbons (Fsp3) is 0.273. The van der Waals surface area contributed by atoms with Gasteiger partial charge < -0.3 is 9.64 Å². The Kier molecular flexibility index (Phi) is 5.22. The van der Waals surface area contributed by atoms with Gasteiger partial charge in [-0.25, -0.2) is 13.2 Å². The molecule has 8 nitrogen and oxygen atoms in total. The molecule has 1 aliphatic heterocycles. The first kappa shape index (κ1) is 20.9. The summed E-state index contributed by atoms with van der Waals surface area (Å²) in [5.74, 6) is -2.38. The second-order valence-electron chi connectivity index (χ2n) is 7.57. The predicted octanol–water partition coefficient (Wildman–Crippen LogP) is 1.26. The van der Waals surface area contributed by atoms with Gasteiger partial charge in [-0.15, -0.1) is 0 Å². The molecule has 0 aromatic heterocycles. The maximum Gasteiger partial charge on any atom is 0.339 e. The summed E-state index contributed by atoms with van der Waals surface area (Å²) in [4.78, 5) is 52.1. The Bertz CT molecular complexity index is 1230. The molecule has 4 rings (SSSR count). The van der Waals surface area contributed by atoms with E-state index in [9.17, 15) is 27.6 Å². The first-order valence-corrected chi connectivity index (χ1v) is 11.5. The SMILES string of the molecule is CN(C(=O)COC(=O)c1cccc2c1C(=O)c1ccccc1C2=O)[C@@H]1CCS(=O)(=O)C1. The van der Waals surface area contributed by atoms with E-state index in [1.165, 1.54) is 36.2 Å². The molecule has 1 heterocycles. The van der Waals surface area contributed by atoms with Crippen LogP contribution in [0.4, 0.5) is 0 Å². The summed E-state index contributed by atoms with van der Waals surface area (Å²) in [5.41, 5.74) is 0.452. The van der Waals surface area contributed by atoms with Crippen LogP contribution in [0.15, 0.2) is 42.5 Å². The number of ketones is 2.